The third kappa shape index (κ3) is 4.02. The zero-order chi connectivity index (χ0) is 23.9. The molecule has 1 heterocycles. The van der Waals surface area contributed by atoms with Gasteiger partial charge in [-0.05, 0) is 63.5 Å². The van der Waals surface area contributed by atoms with Crippen LogP contribution in [0.15, 0.2) is 91.1 Å². The molecule has 170 valence electrons. The highest BCUT2D eigenvalue weighted by atomic mass is 19.4. The summed E-state index contributed by atoms with van der Waals surface area (Å²) in [5, 5.41) is 6.80. The summed E-state index contributed by atoms with van der Waals surface area (Å²) in [7, 11) is 0. The Bertz CT molecular complexity index is 1520. The van der Waals surface area contributed by atoms with Gasteiger partial charge in [-0.3, -0.25) is 4.79 Å². The number of nitrogens with zero attached hydrogens (tertiary/aromatic N) is 1. The lowest BCUT2D eigenvalue weighted by Crippen LogP contribution is -2.21. The largest absolute Gasteiger partial charge is 0.417 e. The molecule has 0 spiro atoms. The quantitative estimate of drug-likeness (QED) is 0.307. The van der Waals surface area contributed by atoms with E-state index in [9.17, 15) is 18.0 Å². The van der Waals surface area contributed by atoms with E-state index in [4.69, 9.17) is 5.73 Å². The summed E-state index contributed by atoms with van der Waals surface area (Å²) < 4.78 is 42.4. The fraction of sp³-hybridized carbons (Fsp3) is 0.0741. The molecule has 0 bridgehead atoms. The first-order chi connectivity index (χ1) is 16.3. The highest BCUT2D eigenvalue weighted by Gasteiger charge is 2.33. The molecule has 0 aliphatic carbocycles. The molecule has 5 aromatic rings. The first-order valence-electron chi connectivity index (χ1n) is 10.7. The third-order valence-electron chi connectivity index (χ3n) is 5.80. The van der Waals surface area contributed by atoms with Gasteiger partial charge < -0.3 is 15.6 Å². The lowest BCUT2D eigenvalue weighted by molar-refractivity contribution is -0.137. The molecule has 0 unspecified atom stereocenters. The number of rotatable bonds is 4. The van der Waals surface area contributed by atoms with Gasteiger partial charge in [-0.1, -0.05) is 48.5 Å². The summed E-state index contributed by atoms with van der Waals surface area (Å²) in [5.41, 5.74) is 6.72. The van der Waals surface area contributed by atoms with E-state index in [0.29, 0.717) is 22.6 Å². The van der Waals surface area contributed by atoms with Gasteiger partial charge in [0.25, 0.3) is 0 Å². The standard InChI is InChI=1S/C27H20F3N3O/c28-27(29,30)20-14-25(33(16-20)22-10-8-21(9-11-22)32-26(34)15-31)19-7-12-24-18(13-19)6-5-17-3-1-2-4-23(17)24/h1-14,16H,15,31H2,(H,32,34). The van der Waals surface area contributed by atoms with Crippen LogP contribution in [0.2, 0.25) is 0 Å². The molecule has 0 aliphatic heterocycles. The summed E-state index contributed by atoms with van der Waals surface area (Å²) in [4.78, 5) is 11.5. The molecule has 0 atom stereocenters. The molecule has 1 amide bonds. The highest BCUT2D eigenvalue weighted by molar-refractivity contribution is 6.08. The number of alkyl halides is 3. The maximum Gasteiger partial charge on any atom is 0.417 e. The molecule has 0 saturated heterocycles. The van der Waals surface area contributed by atoms with E-state index in [0.717, 1.165) is 33.8 Å². The Morgan fingerprint density at radius 2 is 1.56 bits per heavy atom. The molecular weight excluding hydrogens is 439 g/mol. The molecule has 5 rings (SSSR count). The van der Waals surface area contributed by atoms with Crippen molar-refractivity contribution in [1.29, 1.82) is 0 Å². The van der Waals surface area contributed by atoms with E-state index >= 15 is 0 Å². The van der Waals surface area contributed by atoms with Gasteiger partial charge in [-0.2, -0.15) is 13.2 Å². The SMILES string of the molecule is NCC(=O)Nc1ccc(-n2cc(C(F)(F)F)cc2-c2ccc3c(ccc4ccccc43)c2)cc1. The lowest BCUT2D eigenvalue weighted by atomic mass is 9.99. The van der Waals surface area contributed by atoms with Gasteiger partial charge in [0.15, 0.2) is 0 Å². The van der Waals surface area contributed by atoms with Crippen molar-refractivity contribution in [2.75, 3.05) is 11.9 Å². The van der Waals surface area contributed by atoms with Crippen LogP contribution in [-0.2, 0) is 11.0 Å². The number of anilines is 1. The number of hydrogen-bond acceptors (Lipinski definition) is 2. The van der Waals surface area contributed by atoms with Gasteiger partial charge in [0.05, 0.1) is 17.8 Å². The van der Waals surface area contributed by atoms with Gasteiger partial charge in [0, 0.05) is 17.6 Å². The van der Waals surface area contributed by atoms with Crippen molar-refractivity contribution in [2.24, 2.45) is 5.73 Å². The van der Waals surface area contributed by atoms with E-state index in [-0.39, 0.29) is 12.5 Å². The molecule has 34 heavy (non-hydrogen) atoms. The Labute approximate surface area is 193 Å². The van der Waals surface area contributed by atoms with E-state index in [2.05, 4.69) is 5.32 Å². The van der Waals surface area contributed by atoms with Crippen LogP contribution >= 0.6 is 0 Å². The Balaban J connectivity index is 1.62. The van der Waals surface area contributed by atoms with Gasteiger partial charge in [0.1, 0.15) is 0 Å². The van der Waals surface area contributed by atoms with Crippen LogP contribution < -0.4 is 11.1 Å². The van der Waals surface area contributed by atoms with E-state index < -0.39 is 11.7 Å². The summed E-state index contributed by atoms with van der Waals surface area (Å²) in [5.74, 6) is -0.350. The maximum absolute atomic E-state index is 13.6. The number of halogens is 3. The van der Waals surface area contributed by atoms with Gasteiger partial charge >= 0.3 is 6.18 Å². The Kier molecular flexibility index (Phi) is 5.34. The lowest BCUT2D eigenvalue weighted by Gasteiger charge is -2.12. The molecule has 4 aromatic carbocycles. The summed E-state index contributed by atoms with van der Waals surface area (Å²) in [6, 6.07) is 25.4. The number of fused-ring (bicyclic) bond motifs is 3. The van der Waals surface area contributed by atoms with Crippen LogP contribution in [0, 0.1) is 0 Å². The minimum atomic E-state index is -4.48. The highest BCUT2D eigenvalue weighted by Crippen LogP contribution is 2.37. The molecular formula is C27H20F3N3O. The molecule has 0 aliphatic rings. The van der Waals surface area contributed by atoms with Gasteiger partial charge in [-0.25, -0.2) is 0 Å². The van der Waals surface area contributed by atoms with E-state index in [1.54, 1.807) is 24.3 Å². The monoisotopic (exact) mass is 459 g/mol. The number of amides is 1. The second-order valence-electron chi connectivity index (χ2n) is 8.00. The molecule has 0 radical (unpaired) electrons. The minimum absolute atomic E-state index is 0.157. The average molecular weight is 459 g/mol. The normalized spacial score (nSPS) is 11.8. The summed E-state index contributed by atoms with van der Waals surface area (Å²) >= 11 is 0. The van der Waals surface area contributed by atoms with Crippen molar-refractivity contribution in [3.05, 3.63) is 96.7 Å². The second kappa shape index (κ2) is 8.35. The first-order valence-corrected chi connectivity index (χ1v) is 10.7. The minimum Gasteiger partial charge on any atom is -0.325 e. The van der Waals surface area contributed by atoms with Gasteiger partial charge in [0.2, 0.25) is 5.91 Å². The van der Waals surface area contributed by atoms with Crippen molar-refractivity contribution in [1.82, 2.24) is 4.57 Å². The molecule has 4 nitrogen and oxygen atoms in total. The smallest absolute Gasteiger partial charge is 0.325 e. The Morgan fingerprint density at radius 3 is 2.29 bits per heavy atom. The zero-order valence-electron chi connectivity index (χ0n) is 17.9. The number of carbonyl (C=O) groups is 1. The third-order valence-corrected chi connectivity index (χ3v) is 5.80. The predicted octanol–water partition coefficient (Wildman–Crippen LogP) is 6.37. The van der Waals surface area contributed by atoms with Crippen molar-refractivity contribution in [3.8, 4) is 16.9 Å². The number of aromatic nitrogens is 1. The van der Waals surface area contributed by atoms with E-state index in [1.807, 2.05) is 54.6 Å². The molecule has 0 saturated carbocycles. The van der Waals surface area contributed by atoms with Crippen LogP contribution in [0.25, 0.3) is 38.5 Å². The van der Waals surface area contributed by atoms with Crippen molar-refractivity contribution >= 4 is 33.1 Å². The Morgan fingerprint density at radius 1 is 0.853 bits per heavy atom. The van der Waals surface area contributed by atoms with Crippen LogP contribution in [0.5, 0.6) is 0 Å². The fourth-order valence-corrected chi connectivity index (χ4v) is 4.14. The fourth-order valence-electron chi connectivity index (χ4n) is 4.14. The number of nitrogens with two attached hydrogens (primary N) is 1. The number of nitrogens with one attached hydrogen (secondary N) is 1. The average Bonchev–Trinajstić information content (AvgIpc) is 3.30. The van der Waals surface area contributed by atoms with Crippen molar-refractivity contribution in [2.45, 2.75) is 6.18 Å². The second-order valence-corrected chi connectivity index (χ2v) is 8.00. The number of hydrogen-bond donors (Lipinski definition) is 2. The summed E-state index contributed by atoms with van der Waals surface area (Å²) in [6.07, 6.45) is -3.39. The predicted molar refractivity (Wildman–Crippen MR) is 129 cm³/mol. The van der Waals surface area contributed by atoms with Crippen LogP contribution in [0.4, 0.5) is 18.9 Å². The van der Waals surface area contributed by atoms with Crippen molar-refractivity contribution in [3.63, 3.8) is 0 Å². The van der Waals surface area contributed by atoms with E-state index in [1.165, 1.54) is 4.57 Å². The van der Waals surface area contributed by atoms with Crippen LogP contribution in [0.3, 0.4) is 0 Å². The molecule has 0 fully saturated rings. The van der Waals surface area contributed by atoms with Crippen molar-refractivity contribution < 1.29 is 18.0 Å². The van der Waals surface area contributed by atoms with Crippen LogP contribution in [-0.4, -0.2) is 17.0 Å². The van der Waals surface area contributed by atoms with Crippen LogP contribution in [0.1, 0.15) is 5.56 Å². The maximum atomic E-state index is 13.6. The first kappa shape index (κ1) is 21.7. The Hall–Kier alpha value is -4.10. The molecule has 7 heteroatoms. The molecule has 1 aromatic heterocycles. The number of benzene rings is 4. The summed E-state index contributed by atoms with van der Waals surface area (Å²) in [6.45, 7) is -0.157. The number of carbonyl (C=O) groups excluding carboxylic acids is 1. The zero-order valence-corrected chi connectivity index (χ0v) is 17.9. The molecule has 3 N–H and O–H groups in total. The topological polar surface area (TPSA) is 60.1 Å². The van der Waals surface area contributed by atoms with Gasteiger partial charge in [-0.15, -0.1) is 0 Å².